The third kappa shape index (κ3) is 3.40. The first-order chi connectivity index (χ1) is 9.11. The number of rotatable bonds is 5. The predicted molar refractivity (Wildman–Crippen MR) is 65.5 cm³/mol. The summed E-state index contributed by atoms with van der Waals surface area (Å²) in [5.74, 6) is -0.807. The third-order valence-electron chi connectivity index (χ3n) is 2.75. The van der Waals surface area contributed by atoms with Gasteiger partial charge in [0.15, 0.2) is 0 Å². The van der Waals surface area contributed by atoms with E-state index in [0.29, 0.717) is 0 Å². The van der Waals surface area contributed by atoms with Gasteiger partial charge in [0.1, 0.15) is 12.2 Å². The number of hydrogen-bond acceptors (Lipinski definition) is 5. The molecule has 1 aromatic rings. The smallest absolute Gasteiger partial charge is 0.325 e. The zero-order valence-corrected chi connectivity index (χ0v) is 10.6. The lowest BCUT2D eigenvalue weighted by molar-refractivity contribution is -0.144. The number of ether oxygens (including phenoxy) is 1. The first-order valence-corrected chi connectivity index (χ1v) is 6.14. The van der Waals surface area contributed by atoms with E-state index in [-0.39, 0.29) is 36.4 Å². The number of carbonyl (C=O) groups excluding carboxylic acids is 2. The molecule has 0 aromatic carbocycles. The standard InChI is InChI=1S/C12H15N3O4/c1-2-19-11(17)7-15(8-3-4-8)12(18)9-5-6-10(16)14-13-9/h5-6,8H,2-4,7H2,1H3,(H,14,16). The van der Waals surface area contributed by atoms with Crippen LogP contribution in [-0.2, 0) is 9.53 Å². The van der Waals surface area contributed by atoms with Gasteiger partial charge in [-0.05, 0) is 25.8 Å². The number of hydrogen-bond donors (Lipinski definition) is 1. The highest BCUT2D eigenvalue weighted by Gasteiger charge is 2.35. The first-order valence-electron chi connectivity index (χ1n) is 6.14. The minimum atomic E-state index is -0.438. The molecule has 1 saturated carbocycles. The fraction of sp³-hybridized carbons (Fsp3) is 0.500. The second-order valence-corrected chi connectivity index (χ2v) is 4.28. The number of nitrogens with zero attached hydrogens (tertiary/aromatic N) is 2. The van der Waals surface area contributed by atoms with E-state index in [1.54, 1.807) is 6.92 Å². The molecular weight excluding hydrogens is 250 g/mol. The number of esters is 1. The fourth-order valence-corrected chi connectivity index (χ4v) is 1.71. The van der Waals surface area contributed by atoms with Crippen molar-refractivity contribution in [2.45, 2.75) is 25.8 Å². The van der Waals surface area contributed by atoms with Crippen molar-refractivity contribution in [3.63, 3.8) is 0 Å². The summed E-state index contributed by atoms with van der Waals surface area (Å²) in [5.41, 5.74) is -0.254. The van der Waals surface area contributed by atoms with E-state index >= 15 is 0 Å². The molecule has 1 fully saturated rings. The molecule has 0 unspecified atom stereocenters. The molecule has 0 spiro atoms. The Kier molecular flexibility index (Phi) is 3.94. The van der Waals surface area contributed by atoms with Crippen LogP contribution in [0.1, 0.15) is 30.3 Å². The SMILES string of the molecule is CCOC(=O)CN(C(=O)c1ccc(=O)[nH]n1)C1CC1. The highest BCUT2D eigenvalue weighted by molar-refractivity contribution is 5.94. The second kappa shape index (κ2) is 5.64. The molecule has 0 atom stereocenters. The Labute approximate surface area is 109 Å². The monoisotopic (exact) mass is 265 g/mol. The normalized spacial score (nSPS) is 13.9. The van der Waals surface area contributed by atoms with Gasteiger partial charge in [0.2, 0.25) is 0 Å². The summed E-state index contributed by atoms with van der Waals surface area (Å²) in [6, 6.07) is 2.64. The first kappa shape index (κ1) is 13.3. The molecule has 102 valence electrons. The molecule has 1 N–H and O–H groups in total. The zero-order chi connectivity index (χ0) is 13.8. The van der Waals surface area contributed by atoms with E-state index in [0.717, 1.165) is 12.8 Å². The van der Waals surface area contributed by atoms with Crippen molar-refractivity contribution in [1.82, 2.24) is 15.1 Å². The van der Waals surface area contributed by atoms with Gasteiger partial charge in [-0.15, -0.1) is 0 Å². The third-order valence-corrected chi connectivity index (χ3v) is 2.75. The maximum absolute atomic E-state index is 12.2. The number of aromatic nitrogens is 2. The molecule has 1 amide bonds. The minimum absolute atomic E-state index is 0.0608. The maximum atomic E-state index is 12.2. The molecule has 1 heterocycles. The molecule has 1 aromatic heterocycles. The Hall–Kier alpha value is -2.18. The number of aromatic amines is 1. The molecule has 0 radical (unpaired) electrons. The highest BCUT2D eigenvalue weighted by Crippen LogP contribution is 2.27. The van der Waals surface area contributed by atoms with Crippen LogP contribution in [0.25, 0.3) is 0 Å². The quantitative estimate of drug-likeness (QED) is 0.753. The Morgan fingerprint density at radius 1 is 1.47 bits per heavy atom. The molecule has 7 heteroatoms. The summed E-state index contributed by atoms with van der Waals surface area (Å²) in [5, 5.41) is 5.89. The van der Waals surface area contributed by atoms with E-state index in [4.69, 9.17) is 4.74 Å². The average molecular weight is 265 g/mol. The van der Waals surface area contributed by atoms with E-state index in [9.17, 15) is 14.4 Å². The number of nitrogens with one attached hydrogen (secondary N) is 1. The van der Waals surface area contributed by atoms with Crippen molar-refractivity contribution in [3.8, 4) is 0 Å². The maximum Gasteiger partial charge on any atom is 0.325 e. The summed E-state index contributed by atoms with van der Waals surface area (Å²) < 4.78 is 4.84. The zero-order valence-electron chi connectivity index (χ0n) is 10.6. The summed E-state index contributed by atoms with van der Waals surface area (Å²) in [7, 11) is 0. The van der Waals surface area contributed by atoms with Crippen LogP contribution in [0.15, 0.2) is 16.9 Å². The molecule has 0 aliphatic heterocycles. The van der Waals surface area contributed by atoms with Gasteiger partial charge in [0, 0.05) is 12.1 Å². The number of carbonyl (C=O) groups is 2. The largest absolute Gasteiger partial charge is 0.465 e. The van der Waals surface area contributed by atoms with Gasteiger partial charge in [-0.2, -0.15) is 5.10 Å². The lowest BCUT2D eigenvalue weighted by Gasteiger charge is -2.20. The van der Waals surface area contributed by atoms with Crippen LogP contribution in [0.4, 0.5) is 0 Å². The van der Waals surface area contributed by atoms with Gasteiger partial charge in [0.05, 0.1) is 6.61 Å². The number of amides is 1. The van der Waals surface area contributed by atoms with Crippen molar-refractivity contribution in [1.29, 1.82) is 0 Å². The molecule has 2 rings (SSSR count). The summed E-state index contributed by atoms with van der Waals surface area (Å²) in [6.45, 7) is 1.91. The van der Waals surface area contributed by atoms with Crippen LogP contribution in [0.3, 0.4) is 0 Å². The second-order valence-electron chi connectivity index (χ2n) is 4.28. The van der Waals surface area contributed by atoms with Gasteiger partial charge in [0.25, 0.3) is 11.5 Å². The average Bonchev–Trinajstić information content (AvgIpc) is 3.21. The molecule has 19 heavy (non-hydrogen) atoms. The molecular formula is C12H15N3O4. The topological polar surface area (TPSA) is 92.4 Å². The number of H-pyrrole nitrogens is 1. The van der Waals surface area contributed by atoms with Gasteiger partial charge >= 0.3 is 5.97 Å². The van der Waals surface area contributed by atoms with Crippen LogP contribution >= 0.6 is 0 Å². The van der Waals surface area contributed by atoms with E-state index < -0.39 is 5.97 Å². The Balaban J connectivity index is 2.10. The van der Waals surface area contributed by atoms with Gasteiger partial charge in [-0.1, -0.05) is 0 Å². The van der Waals surface area contributed by atoms with Crippen LogP contribution in [-0.4, -0.2) is 46.2 Å². The van der Waals surface area contributed by atoms with Crippen molar-refractivity contribution in [3.05, 3.63) is 28.2 Å². The molecule has 7 nitrogen and oxygen atoms in total. The Morgan fingerprint density at radius 3 is 2.74 bits per heavy atom. The van der Waals surface area contributed by atoms with E-state index in [1.807, 2.05) is 0 Å². The predicted octanol–water partition coefficient (Wildman–Crippen LogP) is -0.0624. The summed E-state index contributed by atoms with van der Waals surface area (Å²) >= 11 is 0. The molecule has 0 saturated heterocycles. The molecule has 0 bridgehead atoms. The van der Waals surface area contributed by atoms with Crippen molar-refractivity contribution >= 4 is 11.9 Å². The van der Waals surface area contributed by atoms with E-state index in [1.165, 1.54) is 17.0 Å². The highest BCUT2D eigenvalue weighted by atomic mass is 16.5. The van der Waals surface area contributed by atoms with Crippen LogP contribution in [0.5, 0.6) is 0 Å². The Morgan fingerprint density at radius 2 is 2.21 bits per heavy atom. The van der Waals surface area contributed by atoms with Crippen molar-refractivity contribution < 1.29 is 14.3 Å². The fourth-order valence-electron chi connectivity index (χ4n) is 1.71. The molecule has 1 aliphatic rings. The Bertz CT molecular complexity index is 516. The minimum Gasteiger partial charge on any atom is -0.465 e. The lowest BCUT2D eigenvalue weighted by atomic mass is 10.3. The van der Waals surface area contributed by atoms with Crippen LogP contribution < -0.4 is 5.56 Å². The summed E-state index contributed by atoms with van der Waals surface area (Å²) in [4.78, 5) is 36.0. The van der Waals surface area contributed by atoms with Gasteiger partial charge in [-0.25, -0.2) is 5.10 Å². The van der Waals surface area contributed by atoms with E-state index in [2.05, 4.69) is 10.2 Å². The van der Waals surface area contributed by atoms with Crippen molar-refractivity contribution in [2.24, 2.45) is 0 Å². The van der Waals surface area contributed by atoms with Crippen LogP contribution in [0, 0.1) is 0 Å². The van der Waals surface area contributed by atoms with Crippen LogP contribution in [0.2, 0.25) is 0 Å². The summed E-state index contributed by atoms with van der Waals surface area (Å²) in [6.07, 6.45) is 1.74. The van der Waals surface area contributed by atoms with Crippen molar-refractivity contribution in [2.75, 3.05) is 13.2 Å². The molecule has 1 aliphatic carbocycles. The lowest BCUT2D eigenvalue weighted by Crippen LogP contribution is -2.39. The van der Waals surface area contributed by atoms with Gasteiger partial charge in [-0.3, -0.25) is 14.4 Å². The van der Waals surface area contributed by atoms with Gasteiger partial charge < -0.3 is 9.64 Å².